The quantitative estimate of drug-likeness (QED) is 0.0461. The zero-order valence-corrected chi connectivity index (χ0v) is 34.2. The molecule has 334 valence electrons. The molecule has 0 radical (unpaired) electrons. The molecule has 2 rings (SSSR count). The highest BCUT2D eigenvalue weighted by molar-refractivity contribution is 5.97. The van der Waals surface area contributed by atoms with Gasteiger partial charge in [-0.3, -0.25) is 23.9 Å². The fourth-order valence-corrected chi connectivity index (χ4v) is 5.46. The molecule has 1 aromatic carbocycles. The summed E-state index contributed by atoms with van der Waals surface area (Å²) >= 11 is 0. The monoisotopic (exact) mass is 848 g/mol. The van der Waals surface area contributed by atoms with E-state index < -0.39 is 42.4 Å². The number of hydrogen-bond donors (Lipinski definition) is 8. The topological polar surface area (TPSA) is 299 Å². The van der Waals surface area contributed by atoms with E-state index in [0.717, 1.165) is 37.8 Å². The largest absolute Gasteiger partial charge is 0.481 e. The van der Waals surface area contributed by atoms with Gasteiger partial charge in [0, 0.05) is 56.3 Å². The number of amides is 5. The van der Waals surface area contributed by atoms with Crippen LogP contribution in [0.3, 0.4) is 0 Å². The van der Waals surface area contributed by atoms with Gasteiger partial charge in [-0.2, -0.15) is 0 Å². The summed E-state index contributed by atoms with van der Waals surface area (Å²) < 4.78 is 17.9. The third-order valence-corrected chi connectivity index (χ3v) is 8.79. The Morgan fingerprint density at radius 3 is 1.75 bits per heavy atom. The number of aromatic nitrogens is 3. The molecule has 0 saturated carbocycles. The van der Waals surface area contributed by atoms with Crippen molar-refractivity contribution in [3.8, 4) is 0 Å². The molecule has 5 amide bonds. The molecule has 0 aliphatic heterocycles. The molecule has 21 heteroatoms. The molecule has 60 heavy (non-hydrogen) atoms. The summed E-state index contributed by atoms with van der Waals surface area (Å²) in [6.45, 7) is 5.90. The van der Waals surface area contributed by atoms with E-state index in [4.69, 9.17) is 19.3 Å². The van der Waals surface area contributed by atoms with Crippen LogP contribution in [0.25, 0.3) is 0 Å². The summed E-state index contributed by atoms with van der Waals surface area (Å²) in [6, 6.07) is 2.67. The summed E-state index contributed by atoms with van der Waals surface area (Å²) in [5.41, 5.74) is 1.70. The van der Waals surface area contributed by atoms with Crippen molar-refractivity contribution in [3.63, 3.8) is 0 Å². The average Bonchev–Trinajstić information content (AvgIpc) is 3.68. The minimum atomic E-state index is -1.47. The van der Waals surface area contributed by atoms with E-state index in [1.807, 2.05) is 6.20 Å². The maximum atomic E-state index is 12.6. The lowest BCUT2D eigenvalue weighted by Crippen LogP contribution is -2.51. The van der Waals surface area contributed by atoms with Crippen LogP contribution >= 0.6 is 0 Å². The lowest BCUT2D eigenvalue weighted by Gasteiger charge is -2.18. The smallest absolute Gasteiger partial charge is 0.326 e. The van der Waals surface area contributed by atoms with Crippen LogP contribution in [-0.2, 0) is 46.4 Å². The molecule has 8 N–H and O–H groups in total. The molecule has 21 nitrogen and oxygen atoms in total. The van der Waals surface area contributed by atoms with E-state index in [9.17, 15) is 43.8 Å². The summed E-state index contributed by atoms with van der Waals surface area (Å²) in [4.78, 5) is 81.9. The molecule has 0 saturated heterocycles. The summed E-state index contributed by atoms with van der Waals surface area (Å²) in [5, 5.41) is 48.4. The molecule has 0 aliphatic carbocycles. The first-order valence-electron chi connectivity index (χ1n) is 20.2. The van der Waals surface area contributed by atoms with E-state index in [2.05, 4.69) is 36.9 Å². The number of carboxylic acid groups (broad SMARTS) is 3. The molecular formula is C39H60N8O13. The van der Waals surface area contributed by atoms with Crippen molar-refractivity contribution >= 4 is 41.7 Å². The van der Waals surface area contributed by atoms with Crippen LogP contribution in [0.2, 0.25) is 0 Å². The number of hydrogen-bond acceptors (Lipinski definition) is 12. The highest BCUT2D eigenvalue weighted by Gasteiger charge is 2.24. The number of carboxylic acids is 3. The second-order valence-corrected chi connectivity index (χ2v) is 13.6. The first kappa shape index (κ1) is 50.5. The number of nitrogens with one attached hydrogen (secondary N) is 5. The van der Waals surface area contributed by atoms with Gasteiger partial charge in [0.1, 0.15) is 12.1 Å². The normalized spacial score (nSPS) is 11.9. The highest BCUT2D eigenvalue weighted by atomic mass is 16.5. The second kappa shape index (κ2) is 30.4. The molecule has 0 fully saturated rings. The maximum Gasteiger partial charge on any atom is 0.326 e. The van der Waals surface area contributed by atoms with Gasteiger partial charge in [-0.05, 0) is 69.2 Å². The number of aliphatic carboxylic acids is 3. The van der Waals surface area contributed by atoms with Crippen LogP contribution in [0.1, 0.15) is 97.5 Å². The number of benzene rings is 1. The molecule has 0 spiro atoms. The zero-order valence-electron chi connectivity index (χ0n) is 34.2. The van der Waals surface area contributed by atoms with Crippen LogP contribution in [0.15, 0.2) is 30.5 Å². The zero-order chi connectivity index (χ0) is 44.0. The summed E-state index contributed by atoms with van der Waals surface area (Å²) in [6.07, 6.45) is 6.72. The molecule has 0 bridgehead atoms. The standard InChI is InChI=1S/C39H60N8O13/c1-2-33(48)40-18-21-58-23-25-60-26-24-59-22-19-42-36(52)29-13-11-28(12-14-29)35(51)41-17-7-4-3-5-9-30-27-47(46-45-30)20-8-6-10-31(37(53)54)43-39(57)44-32(38(55)56)15-16-34(49)50/h11-14,27,31-32H,2-10,15-26H2,1H3,(H,40,48)(H,41,51)(H,42,52)(H,49,50)(H,53,54)(H,55,56)(H2,43,44,57). The summed E-state index contributed by atoms with van der Waals surface area (Å²) in [7, 11) is 0. The predicted molar refractivity (Wildman–Crippen MR) is 214 cm³/mol. The van der Waals surface area contributed by atoms with E-state index in [1.165, 1.54) is 0 Å². The number of rotatable bonds is 34. The SMILES string of the molecule is CCC(=O)NCCOCCOCCOCCNC(=O)c1ccc(C(=O)NCCCCCCc2cn(CCCCC(NC(=O)NC(CCC(=O)O)C(=O)O)C(=O)O)nn2)cc1. The van der Waals surface area contributed by atoms with Crippen LogP contribution in [-0.4, -0.2) is 143 Å². The predicted octanol–water partition coefficient (Wildman–Crippen LogP) is 1.36. The Morgan fingerprint density at radius 2 is 1.18 bits per heavy atom. The molecule has 2 unspecified atom stereocenters. The highest BCUT2D eigenvalue weighted by Crippen LogP contribution is 2.09. The Kier molecular flexibility index (Phi) is 25.6. The Morgan fingerprint density at radius 1 is 0.650 bits per heavy atom. The van der Waals surface area contributed by atoms with Gasteiger partial charge in [-0.15, -0.1) is 5.10 Å². The fourth-order valence-electron chi connectivity index (χ4n) is 5.46. The minimum Gasteiger partial charge on any atom is -0.481 e. The van der Waals surface area contributed by atoms with Crippen LogP contribution in [0.5, 0.6) is 0 Å². The Hall–Kier alpha value is -5.67. The number of unbranched alkanes of at least 4 members (excludes halogenated alkanes) is 4. The Bertz CT molecular complexity index is 1620. The summed E-state index contributed by atoms with van der Waals surface area (Å²) in [5.74, 6) is -4.44. The van der Waals surface area contributed by atoms with Crippen molar-refractivity contribution in [1.82, 2.24) is 41.6 Å². The first-order chi connectivity index (χ1) is 28.9. The van der Waals surface area contributed by atoms with Gasteiger partial charge in [0.15, 0.2) is 0 Å². The Balaban J connectivity index is 1.51. The first-order valence-corrected chi connectivity index (χ1v) is 20.2. The number of aryl methyl sites for hydroxylation is 2. The van der Waals surface area contributed by atoms with Crippen molar-refractivity contribution in [1.29, 1.82) is 0 Å². The fraction of sp³-hybridized carbons (Fsp3) is 0.615. The van der Waals surface area contributed by atoms with Crippen molar-refractivity contribution in [2.45, 2.75) is 96.2 Å². The van der Waals surface area contributed by atoms with Gasteiger partial charge in [0.25, 0.3) is 11.8 Å². The molecule has 2 atom stereocenters. The third-order valence-electron chi connectivity index (χ3n) is 8.79. The molecule has 1 heterocycles. The van der Waals surface area contributed by atoms with Gasteiger partial charge in [0.05, 0.1) is 45.3 Å². The van der Waals surface area contributed by atoms with Gasteiger partial charge >= 0.3 is 23.9 Å². The van der Waals surface area contributed by atoms with Crippen molar-refractivity contribution in [3.05, 3.63) is 47.3 Å². The maximum absolute atomic E-state index is 12.6. The molecule has 1 aromatic heterocycles. The van der Waals surface area contributed by atoms with E-state index >= 15 is 0 Å². The number of nitrogens with zero attached hydrogens (tertiary/aromatic N) is 3. The number of ether oxygens (including phenoxy) is 3. The van der Waals surface area contributed by atoms with Gasteiger partial charge in [-0.1, -0.05) is 25.0 Å². The second-order valence-electron chi connectivity index (χ2n) is 13.6. The minimum absolute atomic E-state index is 0.0119. The van der Waals surface area contributed by atoms with Crippen LogP contribution in [0, 0.1) is 0 Å². The van der Waals surface area contributed by atoms with Crippen molar-refractivity contribution < 1.29 is 63.1 Å². The third kappa shape index (κ3) is 23.1. The van der Waals surface area contributed by atoms with E-state index in [1.54, 1.807) is 35.9 Å². The van der Waals surface area contributed by atoms with Crippen molar-refractivity contribution in [2.24, 2.45) is 0 Å². The van der Waals surface area contributed by atoms with Gasteiger partial charge < -0.3 is 56.1 Å². The van der Waals surface area contributed by atoms with Gasteiger partial charge in [-0.25, -0.2) is 14.4 Å². The number of urea groups is 1. The van der Waals surface area contributed by atoms with E-state index in [0.29, 0.717) is 96.2 Å². The molecule has 0 aliphatic rings. The lowest BCUT2D eigenvalue weighted by molar-refractivity contribution is -0.141. The number of carbonyl (C=O) groups is 7. The Labute approximate surface area is 348 Å². The van der Waals surface area contributed by atoms with Crippen LogP contribution < -0.4 is 26.6 Å². The van der Waals surface area contributed by atoms with Crippen LogP contribution in [0.4, 0.5) is 4.79 Å². The number of carbonyl (C=O) groups excluding carboxylic acids is 4. The molecular weight excluding hydrogens is 788 g/mol. The molecule has 2 aromatic rings. The van der Waals surface area contributed by atoms with E-state index in [-0.39, 0.29) is 30.6 Å². The van der Waals surface area contributed by atoms with Gasteiger partial charge in [0.2, 0.25) is 5.91 Å². The van der Waals surface area contributed by atoms with Crippen molar-refractivity contribution in [2.75, 3.05) is 59.3 Å². The lowest BCUT2D eigenvalue weighted by atomic mass is 10.1. The average molecular weight is 849 g/mol.